The zero-order valence-corrected chi connectivity index (χ0v) is 14.1. The summed E-state index contributed by atoms with van der Waals surface area (Å²) in [6.45, 7) is 1.87. The van der Waals surface area contributed by atoms with Gasteiger partial charge in [0.2, 0.25) is 0 Å². The minimum Gasteiger partial charge on any atom is -0.320 e. The molecule has 0 bridgehead atoms. The molecule has 2 aromatic carbocycles. The SMILES string of the molecule is Cc1c(Cl)cccc1NC(=O)c1csc(Cc2ccccc2)n1. The van der Waals surface area contributed by atoms with E-state index in [0.29, 0.717) is 16.4 Å². The van der Waals surface area contributed by atoms with Gasteiger partial charge in [-0.3, -0.25) is 4.79 Å². The zero-order chi connectivity index (χ0) is 16.2. The maximum Gasteiger partial charge on any atom is 0.275 e. The molecule has 0 unspecified atom stereocenters. The van der Waals surface area contributed by atoms with Gasteiger partial charge in [-0.25, -0.2) is 4.98 Å². The number of benzene rings is 2. The molecule has 1 aromatic heterocycles. The van der Waals surface area contributed by atoms with Crippen LogP contribution in [0.1, 0.15) is 26.6 Å². The molecule has 0 aliphatic carbocycles. The van der Waals surface area contributed by atoms with Crippen molar-refractivity contribution in [2.45, 2.75) is 13.3 Å². The molecule has 0 fully saturated rings. The average Bonchev–Trinajstić information content (AvgIpc) is 3.01. The number of nitrogens with zero attached hydrogens (tertiary/aromatic N) is 1. The van der Waals surface area contributed by atoms with Gasteiger partial charge in [-0.1, -0.05) is 48.0 Å². The lowest BCUT2D eigenvalue weighted by molar-refractivity contribution is 0.102. The second-order valence-electron chi connectivity index (χ2n) is 5.16. The Kier molecular flexibility index (Phi) is 4.74. The van der Waals surface area contributed by atoms with E-state index in [2.05, 4.69) is 22.4 Å². The Balaban J connectivity index is 1.72. The van der Waals surface area contributed by atoms with Gasteiger partial charge in [0, 0.05) is 22.5 Å². The van der Waals surface area contributed by atoms with Crippen LogP contribution in [-0.4, -0.2) is 10.9 Å². The lowest BCUT2D eigenvalue weighted by atomic mass is 10.2. The summed E-state index contributed by atoms with van der Waals surface area (Å²) in [4.78, 5) is 16.8. The third-order valence-corrected chi connectivity index (χ3v) is 4.76. The second-order valence-corrected chi connectivity index (χ2v) is 6.51. The molecule has 0 aliphatic rings. The first-order valence-electron chi connectivity index (χ1n) is 7.18. The van der Waals surface area contributed by atoms with Crippen LogP contribution in [0.4, 0.5) is 5.69 Å². The predicted octanol–water partition coefficient (Wildman–Crippen LogP) is 4.95. The lowest BCUT2D eigenvalue weighted by Crippen LogP contribution is -2.13. The van der Waals surface area contributed by atoms with Crippen LogP contribution >= 0.6 is 22.9 Å². The number of aromatic nitrogens is 1. The van der Waals surface area contributed by atoms with Crippen molar-refractivity contribution < 1.29 is 4.79 Å². The third-order valence-electron chi connectivity index (χ3n) is 3.50. The van der Waals surface area contributed by atoms with E-state index in [1.54, 1.807) is 11.4 Å². The zero-order valence-electron chi connectivity index (χ0n) is 12.5. The van der Waals surface area contributed by atoms with Crippen molar-refractivity contribution in [3.8, 4) is 0 Å². The van der Waals surface area contributed by atoms with Gasteiger partial charge in [0.05, 0.1) is 5.01 Å². The number of amides is 1. The summed E-state index contributed by atoms with van der Waals surface area (Å²) in [5.74, 6) is -0.217. The molecule has 0 radical (unpaired) electrons. The van der Waals surface area contributed by atoms with Crippen LogP contribution in [0.2, 0.25) is 5.02 Å². The quantitative estimate of drug-likeness (QED) is 0.729. The van der Waals surface area contributed by atoms with Crippen LogP contribution in [0, 0.1) is 6.92 Å². The summed E-state index contributed by atoms with van der Waals surface area (Å²) in [5, 5.41) is 6.20. The smallest absolute Gasteiger partial charge is 0.275 e. The average molecular weight is 343 g/mol. The molecule has 3 aromatic rings. The largest absolute Gasteiger partial charge is 0.320 e. The van der Waals surface area contributed by atoms with Crippen molar-refractivity contribution in [3.05, 3.63) is 80.8 Å². The molecule has 1 amide bonds. The van der Waals surface area contributed by atoms with Crippen LogP contribution in [0.5, 0.6) is 0 Å². The molecule has 0 atom stereocenters. The maximum absolute atomic E-state index is 12.3. The molecule has 23 heavy (non-hydrogen) atoms. The number of hydrogen-bond acceptors (Lipinski definition) is 3. The first-order chi connectivity index (χ1) is 11.1. The van der Waals surface area contributed by atoms with Gasteiger partial charge in [0.1, 0.15) is 5.69 Å². The van der Waals surface area contributed by atoms with E-state index < -0.39 is 0 Å². The number of thiazole rings is 1. The highest BCUT2D eigenvalue weighted by molar-refractivity contribution is 7.09. The fourth-order valence-electron chi connectivity index (χ4n) is 2.20. The Morgan fingerprint density at radius 2 is 1.96 bits per heavy atom. The molecule has 0 saturated carbocycles. The van der Waals surface area contributed by atoms with Gasteiger partial charge in [0.15, 0.2) is 0 Å². The number of halogens is 1. The number of hydrogen-bond donors (Lipinski definition) is 1. The second kappa shape index (κ2) is 6.94. The highest BCUT2D eigenvalue weighted by Gasteiger charge is 2.13. The first kappa shape index (κ1) is 15.7. The molecule has 1 N–H and O–H groups in total. The molecule has 3 nitrogen and oxygen atoms in total. The number of carbonyl (C=O) groups excluding carboxylic acids is 1. The van der Waals surface area contributed by atoms with Crippen molar-refractivity contribution in [2.24, 2.45) is 0 Å². The molecule has 116 valence electrons. The summed E-state index contributed by atoms with van der Waals surface area (Å²) in [5.41, 5.74) is 3.17. The van der Waals surface area contributed by atoms with E-state index in [1.807, 2.05) is 37.3 Å². The number of nitrogens with one attached hydrogen (secondary N) is 1. The highest BCUT2D eigenvalue weighted by Crippen LogP contribution is 2.24. The predicted molar refractivity (Wildman–Crippen MR) is 95.5 cm³/mol. The van der Waals surface area contributed by atoms with E-state index in [9.17, 15) is 4.79 Å². The first-order valence-corrected chi connectivity index (χ1v) is 8.44. The van der Waals surface area contributed by atoms with Gasteiger partial charge >= 0.3 is 0 Å². The minimum absolute atomic E-state index is 0.217. The summed E-state index contributed by atoms with van der Waals surface area (Å²) in [6, 6.07) is 15.5. The summed E-state index contributed by atoms with van der Waals surface area (Å²) < 4.78 is 0. The van der Waals surface area contributed by atoms with Crippen LogP contribution < -0.4 is 5.32 Å². The third kappa shape index (κ3) is 3.78. The monoisotopic (exact) mass is 342 g/mol. The summed E-state index contributed by atoms with van der Waals surface area (Å²) >= 11 is 7.57. The maximum atomic E-state index is 12.3. The van der Waals surface area contributed by atoms with Crippen molar-refractivity contribution >= 4 is 34.5 Å². The Morgan fingerprint density at radius 1 is 1.17 bits per heavy atom. The van der Waals surface area contributed by atoms with Crippen LogP contribution in [0.25, 0.3) is 0 Å². The van der Waals surface area contributed by atoms with Crippen LogP contribution in [0.3, 0.4) is 0 Å². The highest BCUT2D eigenvalue weighted by atomic mass is 35.5. The Labute approximate surface area is 144 Å². The Morgan fingerprint density at radius 3 is 2.74 bits per heavy atom. The minimum atomic E-state index is -0.217. The van der Waals surface area contributed by atoms with E-state index in [0.717, 1.165) is 17.0 Å². The molecule has 0 saturated heterocycles. The molecule has 1 heterocycles. The molecular weight excluding hydrogens is 328 g/mol. The van der Waals surface area contributed by atoms with Crippen molar-refractivity contribution in [3.63, 3.8) is 0 Å². The molecular formula is C18H15ClN2OS. The van der Waals surface area contributed by atoms with Crippen molar-refractivity contribution in [1.29, 1.82) is 0 Å². The van der Waals surface area contributed by atoms with Gasteiger partial charge < -0.3 is 5.32 Å². The normalized spacial score (nSPS) is 10.5. The van der Waals surface area contributed by atoms with E-state index >= 15 is 0 Å². The van der Waals surface area contributed by atoms with Crippen LogP contribution in [0.15, 0.2) is 53.9 Å². The van der Waals surface area contributed by atoms with E-state index in [-0.39, 0.29) is 5.91 Å². The van der Waals surface area contributed by atoms with Crippen molar-refractivity contribution in [2.75, 3.05) is 5.32 Å². The fourth-order valence-corrected chi connectivity index (χ4v) is 3.18. The van der Waals surface area contributed by atoms with Crippen LogP contribution in [-0.2, 0) is 6.42 Å². The standard InChI is InChI=1S/C18H15ClN2OS/c1-12-14(19)8-5-9-15(12)21-18(22)16-11-23-17(20-16)10-13-6-3-2-4-7-13/h2-9,11H,10H2,1H3,(H,21,22). The van der Waals surface area contributed by atoms with Gasteiger partial charge in [0.25, 0.3) is 5.91 Å². The Hall–Kier alpha value is -2.17. The van der Waals surface area contributed by atoms with E-state index in [1.165, 1.54) is 16.9 Å². The van der Waals surface area contributed by atoms with Gasteiger partial charge in [-0.15, -0.1) is 11.3 Å². The lowest BCUT2D eigenvalue weighted by Gasteiger charge is -2.08. The van der Waals surface area contributed by atoms with Gasteiger partial charge in [-0.05, 0) is 30.2 Å². The number of anilines is 1. The molecule has 0 spiro atoms. The number of rotatable bonds is 4. The van der Waals surface area contributed by atoms with E-state index in [4.69, 9.17) is 11.6 Å². The van der Waals surface area contributed by atoms with Gasteiger partial charge in [-0.2, -0.15) is 0 Å². The van der Waals surface area contributed by atoms with Crippen molar-refractivity contribution in [1.82, 2.24) is 4.98 Å². The summed E-state index contributed by atoms with van der Waals surface area (Å²) in [6.07, 6.45) is 0.731. The molecule has 3 rings (SSSR count). The topological polar surface area (TPSA) is 42.0 Å². The summed E-state index contributed by atoms with van der Waals surface area (Å²) in [7, 11) is 0. The fraction of sp³-hybridized carbons (Fsp3) is 0.111. The molecule has 5 heteroatoms. The number of carbonyl (C=O) groups is 1. The Bertz CT molecular complexity index is 830. The molecule has 0 aliphatic heterocycles.